The summed E-state index contributed by atoms with van der Waals surface area (Å²) in [7, 11) is 0. The van der Waals surface area contributed by atoms with Gasteiger partial charge in [-0.05, 0) is 31.2 Å². The van der Waals surface area contributed by atoms with Crippen LogP contribution in [-0.2, 0) is 17.5 Å². The van der Waals surface area contributed by atoms with Gasteiger partial charge in [0.2, 0.25) is 11.7 Å². The highest BCUT2D eigenvalue weighted by atomic mass is 19.4. The molecule has 0 bridgehead atoms. The molecule has 2 aromatic rings. The van der Waals surface area contributed by atoms with Crippen molar-refractivity contribution in [2.75, 3.05) is 0 Å². The predicted molar refractivity (Wildman–Crippen MR) is 98.1 cm³/mol. The third-order valence-electron chi connectivity index (χ3n) is 5.30. The van der Waals surface area contributed by atoms with Crippen molar-refractivity contribution < 1.29 is 26.7 Å². The molecule has 1 saturated carbocycles. The normalized spacial score (nSPS) is 22.4. The van der Waals surface area contributed by atoms with Crippen LogP contribution in [0.4, 0.5) is 22.0 Å². The number of rotatable bonds is 4. The zero-order valence-corrected chi connectivity index (χ0v) is 16.2. The number of alkyl halides is 4. The standard InChI is InChI=1S/C20H21F5N4O/c1-11-3-2-4-12(5-15(11)21)18(30)27-7-13-6-17(26-10-16(13)22)14-8-28-19(29-9-14)20(23,24)25/h6,8-12,15H,2-5,7H2,1H3,(H,27,30)/t11-,12+,15-/m1/s1. The molecule has 1 aliphatic carbocycles. The molecule has 2 aromatic heterocycles. The van der Waals surface area contributed by atoms with E-state index in [4.69, 9.17) is 0 Å². The lowest BCUT2D eigenvalue weighted by molar-refractivity contribution is -0.145. The molecule has 0 spiro atoms. The molecule has 0 aliphatic heterocycles. The maximum Gasteiger partial charge on any atom is 0.451 e. The molecule has 3 rings (SSSR count). The van der Waals surface area contributed by atoms with Crippen molar-refractivity contribution in [3.8, 4) is 11.3 Å². The Hall–Kier alpha value is -2.65. The first-order valence-corrected chi connectivity index (χ1v) is 9.61. The first kappa shape index (κ1) is 22.0. The molecule has 162 valence electrons. The first-order chi connectivity index (χ1) is 14.1. The molecule has 30 heavy (non-hydrogen) atoms. The molecule has 1 amide bonds. The zero-order chi connectivity index (χ0) is 21.9. The average Bonchev–Trinajstić information content (AvgIpc) is 2.87. The molecule has 0 radical (unpaired) electrons. The quantitative estimate of drug-likeness (QED) is 0.576. The van der Waals surface area contributed by atoms with E-state index in [2.05, 4.69) is 20.3 Å². The molecule has 0 saturated heterocycles. The number of carbonyl (C=O) groups is 1. The second-order valence-corrected chi connectivity index (χ2v) is 7.53. The maximum absolute atomic E-state index is 14.1. The van der Waals surface area contributed by atoms with E-state index >= 15 is 0 Å². The van der Waals surface area contributed by atoms with Gasteiger partial charge in [0, 0.05) is 36.0 Å². The Kier molecular flexibility index (Phi) is 6.62. The molecule has 5 nitrogen and oxygen atoms in total. The third kappa shape index (κ3) is 5.28. The van der Waals surface area contributed by atoms with Crippen molar-refractivity contribution in [1.29, 1.82) is 0 Å². The van der Waals surface area contributed by atoms with Crippen molar-refractivity contribution in [1.82, 2.24) is 20.3 Å². The second kappa shape index (κ2) is 9.01. The largest absolute Gasteiger partial charge is 0.451 e. The Morgan fingerprint density at radius 1 is 1.17 bits per heavy atom. The van der Waals surface area contributed by atoms with Crippen LogP contribution in [0.5, 0.6) is 0 Å². The minimum atomic E-state index is -4.67. The molecule has 2 heterocycles. The molecule has 0 aromatic carbocycles. The third-order valence-corrected chi connectivity index (χ3v) is 5.30. The van der Waals surface area contributed by atoms with Gasteiger partial charge in [0.1, 0.15) is 12.0 Å². The summed E-state index contributed by atoms with van der Waals surface area (Å²) in [6.45, 7) is 1.68. The smallest absolute Gasteiger partial charge is 0.352 e. The van der Waals surface area contributed by atoms with Gasteiger partial charge >= 0.3 is 6.18 Å². The van der Waals surface area contributed by atoms with E-state index < -0.39 is 29.9 Å². The summed E-state index contributed by atoms with van der Waals surface area (Å²) in [6, 6.07) is 1.31. The highest BCUT2D eigenvalue weighted by Crippen LogP contribution is 2.30. The van der Waals surface area contributed by atoms with Gasteiger partial charge in [-0.3, -0.25) is 9.78 Å². The summed E-state index contributed by atoms with van der Waals surface area (Å²) in [6.07, 6.45) is -0.711. The number of nitrogens with one attached hydrogen (secondary N) is 1. The summed E-state index contributed by atoms with van der Waals surface area (Å²) in [5.74, 6) is -2.87. The van der Waals surface area contributed by atoms with Crippen LogP contribution in [0.2, 0.25) is 0 Å². The lowest BCUT2D eigenvalue weighted by Gasteiger charge is -2.17. The van der Waals surface area contributed by atoms with Crippen molar-refractivity contribution in [2.24, 2.45) is 11.8 Å². The number of carbonyl (C=O) groups excluding carboxylic acids is 1. The first-order valence-electron chi connectivity index (χ1n) is 9.61. The van der Waals surface area contributed by atoms with Gasteiger partial charge in [-0.2, -0.15) is 13.2 Å². The lowest BCUT2D eigenvalue weighted by atomic mass is 9.96. The number of nitrogens with zero attached hydrogens (tertiary/aromatic N) is 3. The minimum absolute atomic E-state index is 0.0889. The van der Waals surface area contributed by atoms with E-state index in [1.54, 1.807) is 0 Å². The van der Waals surface area contributed by atoms with Crippen LogP contribution in [-0.4, -0.2) is 27.0 Å². The average molecular weight is 428 g/mol. The number of aromatic nitrogens is 3. The number of pyridine rings is 1. The van der Waals surface area contributed by atoms with Gasteiger partial charge in [-0.1, -0.05) is 13.3 Å². The molecule has 1 N–H and O–H groups in total. The van der Waals surface area contributed by atoms with Crippen molar-refractivity contribution in [2.45, 2.75) is 51.5 Å². The zero-order valence-electron chi connectivity index (χ0n) is 16.2. The van der Waals surface area contributed by atoms with Crippen LogP contribution in [0, 0.1) is 17.7 Å². The summed E-state index contributed by atoms with van der Waals surface area (Å²) in [5.41, 5.74) is 0.446. The Labute approximate surface area is 170 Å². The molecule has 1 fully saturated rings. The molecular weight excluding hydrogens is 407 g/mol. The SMILES string of the molecule is C[C@@H]1CCC[C@H](C(=O)NCc2cc(-c3cnc(C(F)(F)F)nc3)ncc2F)C[C@H]1F. The summed E-state index contributed by atoms with van der Waals surface area (Å²) in [5, 5.41) is 2.63. The number of hydrogen-bond acceptors (Lipinski definition) is 4. The van der Waals surface area contributed by atoms with Crippen molar-refractivity contribution >= 4 is 5.91 Å². The highest BCUT2D eigenvalue weighted by molar-refractivity contribution is 5.78. The van der Waals surface area contributed by atoms with Gasteiger partial charge in [0.25, 0.3) is 0 Å². The molecule has 3 atom stereocenters. The highest BCUT2D eigenvalue weighted by Gasteiger charge is 2.34. The maximum atomic E-state index is 14.1. The summed E-state index contributed by atoms with van der Waals surface area (Å²) >= 11 is 0. The van der Waals surface area contributed by atoms with Gasteiger partial charge < -0.3 is 5.32 Å². The van der Waals surface area contributed by atoms with Gasteiger partial charge in [0.15, 0.2) is 0 Å². The monoisotopic (exact) mass is 428 g/mol. The number of halogens is 5. The molecule has 1 aliphatic rings. The van der Waals surface area contributed by atoms with Crippen LogP contribution in [0.15, 0.2) is 24.7 Å². The molecular formula is C20H21F5N4O. The number of amides is 1. The van der Waals surface area contributed by atoms with Crippen LogP contribution in [0.1, 0.15) is 44.0 Å². The van der Waals surface area contributed by atoms with E-state index in [1.807, 2.05) is 6.92 Å². The van der Waals surface area contributed by atoms with E-state index in [0.717, 1.165) is 31.4 Å². The second-order valence-electron chi connectivity index (χ2n) is 7.53. The lowest BCUT2D eigenvalue weighted by Crippen LogP contribution is -2.32. The van der Waals surface area contributed by atoms with Crippen LogP contribution in [0.25, 0.3) is 11.3 Å². The molecule has 10 heteroatoms. The predicted octanol–water partition coefficient (Wildman–Crippen LogP) is 4.48. The summed E-state index contributed by atoms with van der Waals surface area (Å²) < 4.78 is 66.0. The molecule has 0 unspecified atom stereocenters. The fraction of sp³-hybridized carbons (Fsp3) is 0.500. The number of hydrogen-bond donors (Lipinski definition) is 1. The van der Waals surface area contributed by atoms with E-state index in [-0.39, 0.29) is 41.6 Å². The minimum Gasteiger partial charge on any atom is -0.352 e. The van der Waals surface area contributed by atoms with Gasteiger partial charge in [0.05, 0.1) is 11.9 Å². The van der Waals surface area contributed by atoms with Crippen LogP contribution in [0.3, 0.4) is 0 Å². The van der Waals surface area contributed by atoms with E-state index in [1.165, 1.54) is 6.07 Å². The Bertz CT molecular complexity index is 888. The van der Waals surface area contributed by atoms with Crippen LogP contribution < -0.4 is 5.32 Å². The Balaban J connectivity index is 1.69. The Morgan fingerprint density at radius 2 is 1.87 bits per heavy atom. The van der Waals surface area contributed by atoms with Crippen molar-refractivity contribution in [3.05, 3.63) is 41.9 Å². The topological polar surface area (TPSA) is 67.8 Å². The van der Waals surface area contributed by atoms with Crippen LogP contribution >= 0.6 is 0 Å². The van der Waals surface area contributed by atoms with Gasteiger partial charge in [-0.15, -0.1) is 0 Å². The Morgan fingerprint density at radius 3 is 2.53 bits per heavy atom. The fourth-order valence-corrected chi connectivity index (χ4v) is 3.43. The van der Waals surface area contributed by atoms with Gasteiger partial charge in [-0.25, -0.2) is 18.7 Å². The van der Waals surface area contributed by atoms with E-state index in [9.17, 15) is 26.7 Å². The summed E-state index contributed by atoms with van der Waals surface area (Å²) in [4.78, 5) is 22.8. The van der Waals surface area contributed by atoms with E-state index in [0.29, 0.717) is 6.42 Å². The fourth-order valence-electron chi connectivity index (χ4n) is 3.43. The van der Waals surface area contributed by atoms with Crippen molar-refractivity contribution in [3.63, 3.8) is 0 Å².